The molecule has 38 heavy (non-hydrogen) atoms. The Balaban J connectivity index is 1.74. The van der Waals surface area contributed by atoms with E-state index in [1.165, 1.54) is 7.05 Å². The van der Waals surface area contributed by atoms with Crippen LogP contribution in [0.25, 0.3) is 0 Å². The minimum atomic E-state index is -0.840. The van der Waals surface area contributed by atoms with Crippen LogP contribution in [0.15, 0.2) is 30.3 Å². The Morgan fingerprint density at radius 2 is 1.84 bits per heavy atom. The lowest BCUT2D eigenvalue weighted by molar-refractivity contribution is -0.137. The Kier molecular flexibility index (Phi) is 9.70. The van der Waals surface area contributed by atoms with E-state index in [1.807, 2.05) is 20.8 Å². The number of ether oxygens (including phenoxy) is 3. The number of carboxylic acids is 1. The molecule has 0 unspecified atom stereocenters. The number of ketones is 1. The van der Waals surface area contributed by atoms with Crippen LogP contribution >= 0.6 is 0 Å². The van der Waals surface area contributed by atoms with E-state index in [4.69, 9.17) is 24.7 Å². The van der Waals surface area contributed by atoms with Crippen LogP contribution < -0.4 is 19.5 Å². The molecule has 10 nitrogen and oxygen atoms in total. The number of benzene rings is 2. The van der Waals surface area contributed by atoms with Gasteiger partial charge in [0.2, 0.25) is 0 Å². The number of nitrogens with zero attached hydrogens (tertiary/aromatic N) is 1. The second kappa shape index (κ2) is 12.9. The Bertz CT molecular complexity index is 1210. The summed E-state index contributed by atoms with van der Waals surface area (Å²) in [6.45, 7) is 6.63. The van der Waals surface area contributed by atoms with Gasteiger partial charge in [-0.2, -0.15) is 0 Å². The summed E-state index contributed by atoms with van der Waals surface area (Å²) >= 11 is 0. The number of carbonyl (C=O) groups excluding carboxylic acids is 2. The van der Waals surface area contributed by atoms with Crippen LogP contribution in [0, 0.1) is 5.41 Å². The maximum absolute atomic E-state index is 13.2. The van der Waals surface area contributed by atoms with Crippen molar-refractivity contribution >= 4 is 23.5 Å². The lowest BCUT2D eigenvalue weighted by Crippen LogP contribution is -2.30. The van der Waals surface area contributed by atoms with Crippen LogP contribution in [0.1, 0.15) is 71.9 Å². The normalized spacial score (nSPS) is 12.3. The number of amides is 1. The predicted molar refractivity (Wildman–Crippen MR) is 142 cm³/mol. The van der Waals surface area contributed by atoms with E-state index in [0.717, 1.165) is 5.56 Å². The van der Waals surface area contributed by atoms with E-state index >= 15 is 0 Å². The van der Waals surface area contributed by atoms with Crippen LogP contribution in [-0.4, -0.2) is 66.4 Å². The number of hydrogen-bond acceptors (Lipinski definition) is 7. The zero-order chi connectivity index (χ0) is 27.8. The molecule has 1 amide bonds. The number of carboxylic acid groups (broad SMARTS) is 1. The maximum atomic E-state index is 13.2. The fourth-order valence-electron chi connectivity index (χ4n) is 4.12. The van der Waals surface area contributed by atoms with Gasteiger partial charge in [-0.25, -0.2) is 0 Å². The van der Waals surface area contributed by atoms with Gasteiger partial charge in [0, 0.05) is 31.1 Å². The molecule has 3 rings (SSSR count). The standard InChI is InChI=1S/C28H35N3O7/c1-5-36-24-13-19-15-31(27(29)20(19)14-21(24)28(35)30-4)16-22(32)18-9-10-23(25(12-18)38-17(2)3)37-11-7-6-8-26(33)34/h9-10,12-14,17,29H,5-8,11,15-16H2,1-4H3,(H,30,35)(H,33,34). The molecular weight excluding hydrogens is 490 g/mol. The Hall–Kier alpha value is -4.08. The first-order valence-corrected chi connectivity index (χ1v) is 12.7. The van der Waals surface area contributed by atoms with Crippen molar-refractivity contribution < 1.29 is 33.7 Å². The zero-order valence-corrected chi connectivity index (χ0v) is 22.3. The molecule has 0 aliphatic carbocycles. The van der Waals surface area contributed by atoms with E-state index in [2.05, 4.69) is 5.32 Å². The van der Waals surface area contributed by atoms with Gasteiger partial charge in [-0.1, -0.05) is 0 Å². The number of rotatable bonds is 14. The molecule has 3 N–H and O–H groups in total. The number of amidine groups is 1. The Labute approximate surface area is 222 Å². The SMILES string of the molecule is CCOc1cc2c(cc1C(=O)NC)C(=N)N(CC(=O)c1ccc(OCCCCC(=O)O)c(OC(C)C)c1)C2. The molecule has 2 aromatic carbocycles. The number of carbonyl (C=O) groups is 3. The number of unbranched alkanes of at least 4 members (excludes halogenated alkanes) is 1. The highest BCUT2D eigenvalue weighted by Crippen LogP contribution is 2.32. The van der Waals surface area contributed by atoms with Gasteiger partial charge in [0.1, 0.15) is 11.6 Å². The first kappa shape index (κ1) is 28.5. The first-order chi connectivity index (χ1) is 18.1. The zero-order valence-electron chi connectivity index (χ0n) is 22.3. The molecule has 204 valence electrons. The minimum Gasteiger partial charge on any atom is -0.493 e. The average molecular weight is 526 g/mol. The molecule has 1 aliphatic rings. The highest BCUT2D eigenvalue weighted by Gasteiger charge is 2.29. The van der Waals surface area contributed by atoms with Crippen LogP contribution in [0.5, 0.6) is 17.2 Å². The van der Waals surface area contributed by atoms with Crippen molar-refractivity contribution in [3.8, 4) is 17.2 Å². The van der Waals surface area contributed by atoms with Crippen molar-refractivity contribution in [3.05, 3.63) is 52.6 Å². The minimum absolute atomic E-state index is 0.0245. The van der Waals surface area contributed by atoms with Crippen molar-refractivity contribution in [2.45, 2.75) is 52.7 Å². The van der Waals surface area contributed by atoms with Crippen molar-refractivity contribution in [3.63, 3.8) is 0 Å². The maximum Gasteiger partial charge on any atom is 0.303 e. The topological polar surface area (TPSA) is 138 Å². The van der Waals surface area contributed by atoms with E-state index in [9.17, 15) is 14.4 Å². The molecular formula is C28H35N3O7. The highest BCUT2D eigenvalue weighted by molar-refractivity contribution is 6.07. The third kappa shape index (κ3) is 7.02. The van der Waals surface area contributed by atoms with E-state index < -0.39 is 5.97 Å². The quantitative estimate of drug-likeness (QED) is 0.249. The molecule has 0 aromatic heterocycles. The fraction of sp³-hybridized carbons (Fsp3) is 0.429. The van der Waals surface area contributed by atoms with Gasteiger partial charge in [0.05, 0.1) is 31.4 Å². The monoisotopic (exact) mass is 525 g/mol. The third-order valence-corrected chi connectivity index (χ3v) is 5.91. The summed E-state index contributed by atoms with van der Waals surface area (Å²) in [5, 5.41) is 20.0. The van der Waals surface area contributed by atoms with Gasteiger partial charge in [-0.05, 0) is 69.5 Å². The third-order valence-electron chi connectivity index (χ3n) is 5.91. The second-order valence-electron chi connectivity index (χ2n) is 9.17. The summed E-state index contributed by atoms with van der Waals surface area (Å²) in [5.41, 5.74) is 2.17. The molecule has 0 spiro atoms. The molecule has 0 bridgehead atoms. The largest absolute Gasteiger partial charge is 0.493 e. The molecule has 0 saturated carbocycles. The van der Waals surface area contributed by atoms with Crippen LogP contribution in [0.2, 0.25) is 0 Å². The van der Waals surface area contributed by atoms with Gasteiger partial charge < -0.3 is 29.5 Å². The first-order valence-electron chi connectivity index (χ1n) is 12.7. The molecule has 0 fully saturated rings. The van der Waals surface area contributed by atoms with Gasteiger partial charge in [0.15, 0.2) is 17.3 Å². The van der Waals surface area contributed by atoms with Crippen molar-refractivity contribution in [2.24, 2.45) is 0 Å². The number of fused-ring (bicyclic) bond motifs is 1. The number of aliphatic carboxylic acids is 1. The number of hydrogen-bond donors (Lipinski definition) is 3. The molecule has 1 heterocycles. The van der Waals surface area contributed by atoms with Crippen LogP contribution in [0.3, 0.4) is 0 Å². The van der Waals surface area contributed by atoms with E-state index in [1.54, 1.807) is 35.2 Å². The van der Waals surface area contributed by atoms with Gasteiger partial charge in [0.25, 0.3) is 5.91 Å². The number of Topliss-reactive ketones (excluding diaryl/α,β-unsaturated/α-hetero) is 1. The summed E-state index contributed by atoms with van der Waals surface area (Å²) in [5.74, 6) is 0.188. The molecule has 0 saturated heterocycles. The summed E-state index contributed by atoms with van der Waals surface area (Å²) in [6, 6.07) is 8.38. The van der Waals surface area contributed by atoms with Crippen LogP contribution in [-0.2, 0) is 11.3 Å². The second-order valence-corrected chi connectivity index (χ2v) is 9.17. The summed E-state index contributed by atoms with van der Waals surface area (Å²) in [7, 11) is 1.54. The Morgan fingerprint density at radius 3 is 2.50 bits per heavy atom. The smallest absolute Gasteiger partial charge is 0.303 e. The fourth-order valence-corrected chi connectivity index (χ4v) is 4.12. The van der Waals surface area contributed by atoms with Crippen molar-refractivity contribution in [1.82, 2.24) is 10.2 Å². The molecule has 0 radical (unpaired) electrons. The lowest BCUT2D eigenvalue weighted by Gasteiger charge is -2.19. The van der Waals surface area contributed by atoms with Crippen LogP contribution in [0.4, 0.5) is 0 Å². The summed E-state index contributed by atoms with van der Waals surface area (Å²) in [4.78, 5) is 37.9. The van der Waals surface area contributed by atoms with Crippen molar-refractivity contribution in [1.29, 1.82) is 5.41 Å². The summed E-state index contributed by atoms with van der Waals surface area (Å²) in [6.07, 6.45) is 1.03. The van der Waals surface area contributed by atoms with Gasteiger partial charge in [-0.15, -0.1) is 0 Å². The van der Waals surface area contributed by atoms with Gasteiger partial charge >= 0.3 is 5.97 Å². The average Bonchev–Trinajstić information content (AvgIpc) is 3.17. The predicted octanol–water partition coefficient (Wildman–Crippen LogP) is 3.89. The molecule has 0 atom stereocenters. The van der Waals surface area contributed by atoms with Crippen molar-refractivity contribution in [2.75, 3.05) is 26.8 Å². The molecule has 1 aliphatic heterocycles. The van der Waals surface area contributed by atoms with Gasteiger partial charge in [-0.3, -0.25) is 19.8 Å². The number of nitrogens with one attached hydrogen (secondary N) is 2. The molecule has 10 heteroatoms. The van der Waals surface area contributed by atoms with E-state index in [0.29, 0.717) is 66.5 Å². The highest BCUT2D eigenvalue weighted by atomic mass is 16.5. The molecule has 2 aromatic rings. The lowest BCUT2D eigenvalue weighted by atomic mass is 10.0. The summed E-state index contributed by atoms with van der Waals surface area (Å²) < 4.78 is 17.3. The Morgan fingerprint density at radius 1 is 1.08 bits per heavy atom. The van der Waals surface area contributed by atoms with E-state index in [-0.39, 0.29) is 36.6 Å².